The molecule has 3 nitrogen and oxygen atoms in total. The summed E-state index contributed by atoms with van der Waals surface area (Å²) in [5.41, 5.74) is 15.8. The lowest BCUT2D eigenvalue weighted by Gasteiger charge is -2.25. The Balaban J connectivity index is 0.000000144. The van der Waals surface area contributed by atoms with Crippen molar-refractivity contribution < 1.29 is 0 Å². The molecule has 2 heterocycles. The minimum absolute atomic E-state index is 0.739. The lowest BCUT2D eigenvalue weighted by Crippen LogP contribution is -2.09. The number of thiophene rings is 2. The quantitative estimate of drug-likeness (QED) is 0.155. The van der Waals surface area contributed by atoms with Crippen molar-refractivity contribution in [3.05, 3.63) is 245 Å². The fourth-order valence-electron chi connectivity index (χ4n) is 6.99. The predicted molar refractivity (Wildman–Crippen MR) is 258 cm³/mol. The number of halogens is 1. The van der Waals surface area contributed by atoms with Gasteiger partial charge in [0, 0.05) is 64.4 Å². The SMILES string of the molecule is Clc1cccc(N(c2ccccc2)c2csc3ccccc23)c1.Nc1ccccc1.c1ccc(Cc2cccc(N(c3ccccc3)c3csc4ccccc34)c2)cc1. The first-order valence-electron chi connectivity index (χ1n) is 19.4. The van der Waals surface area contributed by atoms with Crippen LogP contribution >= 0.6 is 34.3 Å². The number of nitrogens with two attached hydrogens (primary N) is 1. The van der Waals surface area contributed by atoms with Crippen LogP contribution in [0.5, 0.6) is 0 Å². The summed E-state index contributed by atoms with van der Waals surface area (Å²) < 4.78 is 2.59. The zero-order valence-corrected chi connectivity index (χ0v) is 34.7. The molecule has 10 aromatic rings. The molecule has 288 valence electrons. The number of nitrogens with zero attached hydrogens (tertiary/aromatic N) is 2. The molecule has 0 fully saturated rings. The normalized spacial score (nSPS) is 10.6. The van der Waals surface area contributed by atoms with Crippen molar-refractivity contribution in [3.8, 4) is 0 Å². The van der Waals surface area contributed by atoms with E-state index in [1.54, 1.807) is 22.7 Å². The van der Waals surface area contributed by atoms with Gasteiger partial charge in [0.05, 0.1) is 11.4 Å². The summed E-state index contributed by atoms with van der Waals surface area (Å²) in [6, 6.07) is 75.1. The van der Waals surface area contributed by atoms with E-state index in [-0.39, 0.29) is 0 Å². The molecule has 59 heavy (non-hydrogen) atoms. The molecule has 0 aliphatic rings. The van der Waals surface area contributed by atoms with E-state index in [0.29, 0.717) is 0 Å². The topological polar surface area (TPSA) is 32.5 Å². The zero-order valence-electron chi connectivity index (χ0n) is 32.3. The molecule has 0 atom stereocenters. The van der Waals surface area contributed by atoms with E-state index >= 15 is 0 Å². The van der Waals surface area contributed by atoms with Crippen LogP contribution in [0.4, 0.5) is 39.8 Å². The van der Waals surface area contributed by atoms with Gasteiger partial charge in [-0.2, -0.15) is 0 Å². The third-order valence-electron chi connectivity index (χ3n) is 9.72. The molecule has 0 radical (unpaired) electrons. The predicted octanol–water partition coefficient (Wildman–Crippen LogP) is 16.3. The number of para-hydroxylation sites is 3. The Morgan fingerprint density at radius 1 is 0.390 bits per heavy atom. The van der Waals surface area contributed by atoms with Crippen molar-refractivity contribution in [2.24, 2.45) is 0 Å². The first kappa shape index (κ1) is 39.2. The van der Waals surface area contributed by atoms with Crippen molar-refractivity contribution in [3.63, 3.8) is 0 Å². The molecule has 2 N–H and O–H groups in total. The Bertz CT molecular complexity index is 2840. The summed E-state index contributed by atoms with van der Waals surface area (Å²) in [5, 5.41) is 7.75. The Kier molecular flexibility index (Phi) is 12.8. The van der Waals surface area contributed by atoms with Crippen molar-refractivity contribution >= 4 is 94.3 Å². The van der Waals surface area contributed by atoms with Crippen molar-refractivity contribution in [2.75, 3.05) is 15.5 Å². The maximum Gasteiger partial charge on any atom is 0.0647 e. The fourth-order valence-corrected chi connectivity index (χ4v) is 9.03. The van der Waals surface area contributed by atoms with Crippen LogP contribution in [0.15, 0.2) is 229 Å². The van der Waals surface area contributed by atoms with Crippen LogP contribution in [0, 0.1) is 0 Å². The van der Waals surface area contributed by atoms with Gasteiger partial charge < -0.3 is 15.5 Å². The van der Waals surface area contributed by atoms with Crippen LogP contribution in [-0.2, 0) is 6.42 Å². The Morgan fingerprint density at radius 3 is 1.29 bits per heavy atom. The number of hydrogen-bond acceptors (Lipinski definition) is 5. The van der Waals surface area contributed by atoms with E-state index in [4.69, 9.17) is 17.3 Å². The van der Waals surface area contributed by atoms with Gasteiger partial charge in [0.25, 0.3) is 0 Å². The zero-order chi connectivity index (χ0) is 40.2. The Labute approximate surface area is 359 Å². The lowest BCUT2D eigenvalue weighted by molar-refractivity contribution is 1.18. The summed E-state index contributed by atoms with van der Waals surface area (Å²) in [5.74, 6) is 0. The average Bonchev–Trinajstić information content (AvgIpc) is 3.91. The van der Waals surface area contributed by atoms with Crippen molar-refractivity contribution in [2.45, 2.75) is 6.42 Å². The molecular weight excluding hydrogens is 778 g/mol. The minimum atomic E-state index is 0.739. The Hall–Kier alpha value is -6.63. The van der Waals surface area contributed by atoms with Gasteiger partial charge in [0.1, 0.15) is 0 Å². The van der Waals surface area contributed by atoms with Gasteiger partial charge in [0.2, 0.25) is 0 Å². The highest BCUT2D eigenvalue weighted by atomic mass is 35.5. The highest BCUT2D eigenvalue weighted by molar-refractivity contribution is 7.18. The summed E-state index contributed by atoms with van der Waals surface area (Å²) in [6.07, 6.45) is 0.932. The van der Waals surface area contributed by atoms with Gasteiger partial charge in [-0.05, 0) is 96.4 Å². The molecule has 8 aromatic carbocycles. The van der Waals surface area contributed by atoms with Gasteiger partial charge in [-0.3, -0.25) is 0 Å². The number of rotatable bonds is 8. The smallest absolute Gasteiger partial charge is 0.0647 e. The van der Waals surface area contributed by atoms with E-state index in [1.807, 2.05) is 54.6 Å². The number of benzene rings is 8. The molecule has 0 bridgehead atoms. The second-order valence-corrected chi connectivity index (χ2v) is 16.1. The van der Waals surface area contributed by atoms with Gasteiger partial charge >= 0.3 is 0 Å². The monoisotopic (exact) mass is 819 g/mol. The largest absolute Gasteiger partial charge is 0.399 e. The van der Waals surface area contributed by atoms with Crippen LogP contribution in [0.25, 0.3) is 20.2 Å². The van der Waals surface area contributed by atoms with Gasteiger partial charge in [-0.1, -0.05) is 151 Å². The molecular formula is C53H42ClN3S2. The number of nitrogen functional groups attached to an aromatic ring is 1. The molecule has 2 aromatic heterocycles. The van der Waals surface area contributed by atoms with E-state index in [9.17, 15) is 0 Å². The first-order valence-corrected chi connectivity index (χ1v) is 21.6. The van der Waals surface area contributed by atoms with E-state index in [1.165, 1.54) is 54.0 Å². The lowest BCUT2D eigenvalue weighted by atomic mass is 10.0. The fraction of sp³-hybridized carbons (Fsp3) is 0.0189. The molecule has 0 aliphatic heterocycles. The van der Waals surface area contributed by atoms with Crippen molar-refractivity contribution in [1.82, 2.24) is 0 Å². The maximum atomic E-state index is 6.23. The average molecular weight is 821 g/mol. The summed E-state index contributed by atoms with van der Waals surface area (Å²) in [6.45, 7) is 0. The van der Waals surface area contributed by atoms with Crippen LogP contribution < -0.4 is 15.5 Å². The van der Waals surface area contributed by atoms with Gasteiger partial charge in [-0.15, -0.1) is 22.7 Å². The molecule has 10 rings (SSSR count). The van der Waals surface area contributed by atoms with E-state index in [0.717, 1.165) is 28.5 Å². The standard InChI is InChI=1S/C27H21NS.C20H14ClNS.C6H7N/c1-3-10-21(11-4-1)18-22-12-9-15-24(19-22)28(23-13-5-2-6-14-23)26-20-29-27-17-8-7-16-25(26)27;21-15-7-6-10-17(13-15)22(16-8-2-1-3-9-16)19-14-23-20-12-5-4-11-18(19)20;7-6-4-2-1-3-5-6/h1-17,19-20H,18H2;1-14H;1-5H,7H2. The molecule has 6 heteroatoms. The molecule has 0 amide bonds. The highest BCUT2D eigenvalue weighted by Gasteiger charge is 2.18. The highest BCUT2D eigenvalue weighted by Crippen LogP contribution is 2.43. The summed E-state index contributed by atoms with van der Waals surface area (Å²) in [4.78, 5) is 4.62. The van der Waals surface area contributed by atoms with Crippen LogP contribution in [-0.4, -0.2) is 0 Å². The minimum Gasteiger partial charge on any atom is -0.399 e. The second kappa shape index (κ2) is 19.2. The number of fused-ring (bicyclic) bond motifs is 2. The van der Waals surface area contributed by atoms with Crippen molar-refractivity contribution in [1.29, 1.82) is 0 Å². The van der Waals surface area contributed by atoms with E-state index in [2.05, 4.69) is 184 Å². The van der Waals surface area contributed by atoms with Gasteiger partial charge in [-0.25, -0.2) is 0 Å². The molecule has 0 unspecified atom stereocenters. The van der Waals surface area contributed by atoms with Crippen LogP contribution in [0.3, 0.4) is 0 Å². The third-order valence-corrected chi connectivity index (χ3v) is 11.9. The first-order chi connectivity index (χ1) is 29.1. The van der Waals surface area contributed by atoms with Crippen LogP contribution in [0.2, 0.25) is 5.02 Å². The summed E-state index contributed by atoms with van der Waals surface area (Å²) >= 11 is 9.79. The molecule has 0 spiro atoms. The number of hydrogen-bond donors (Lipinski definition) is 1. The third kappa shape index (κ3) is 9.74. The van der Waals surface area contributed by atoms with E-state index < -0.39 is 0 Å². The summed E-state index contributed by atoms with van der Waals surface area (Å²) in [7, 11) is 0. The molecule has 0 aliphatic carbocycles. The second-order valence-electron chi connectivity index (χ2n) is 13.8. The van der Waals surface area contributed by atoms with Gasteiger partial charge in [0.15, 0.2) is 0 Å². The molecule has 0 saturated carbocycles. The molecule has 0 saturated heterocycles. The number of anilines is 7. The maximum absolute atomic E-state index is 6.23. The van der Waals surface area contributed by atoms with Crippen LogP contribution in [0.1, 0.15) is 11.1 Å². The Morgan fingerprint density at radius 2 is 0.797 bits per heavy atom.